The highest BCUT2D eigenvalue weighted by molar-refractivity contribution is 7.92. The maximum atomic E-state index is 12.8. The second-order valence-electron chi connectivity index (χ2n) is 8.64. The molecular weight excluding hydrogens is 440 g/mol. The standard InChI is InChI=1S/C24H30N4O4S/c1-17(2)33(30,31)20-7-4-18(5-8-20)14-24(29)28-12-10-27(11-13-28)16-23-25-21-9-6-19(32-3)15-22(21)26-23/h4-9,15,17H,10-14,16H2,1-3H3,(H,25,26). The molecule has 33 heavy (non-hydrogen) atoms. The third-order valence-electron chi connectivity index (χ3n) is 6.06. The number of sulfone groups is 1. The molecule has 0 radical (unpaired) electrons. The normalized spacial score (nSPS) is 15.3. The predicted octanol–water partition coefficient (Wildman–Crippen LogP) is 2.64. The monoisotopic (exact) mass is 470 g/mol. The van der Waals surface area contributed by atoms with E-state index >= 15 is 0 Å². The first kappa shape index (κ1) is 23.3. The van der Waals surface area contributed by atoms with Crippen LogP contribution in [0.3, 0.4) is 0 Å². The van der Waals surface area contributed by atoms with Crippen LogP contribution in [-0.4, -0.2) is 72.6 Å². The van der Waals surface area contributed by atoms with E-state index in [4.69, 9.17) is 4.74 Å². The van der Waals surface area contributed by atoms with Crippen molar-refractivity contribution in [1.82, 2.24) is 19.8 Å². The van der Waals surface area contributed by atoms with Crippen LogP contribution < -0.4 is 4.74 Å². The molecule has 4 rings (SSSR count). The SMILES string of the molecule is COc1ccc2nc(CN3CCN(C(=O)Cc4ccc(S(=O)(=O)C(C)C)cc4)CC3)[nH]c2c1. The zero-order valence-electron chi connectivity index (χ0n) is 19.2. The van der Waals surface area contributed by atoms with Crippen molar-refractivity contribution in [2.45, 2.75) is 37.0 Å². The molecule has 0 bridgehead atoms. The fourth-order valence-corrected chi connectivity index (χ4v) is 5.03. The smallest absolute Gasteiger partial charge is 0.227 e. The summed E-state index contributed by atoms with van der Waals surface area (Å²) in [4.78, 5) is 25.2. The number of aromatic amines is 1. The van der Waals surface area contributed by atoms with E-state index in [1.165, 1.54) is 0 Å². The van der Waals surface area contributed by atoms with Crippen LogP contribution in [0.2, 0.25) is 0 Å². The summed E-state index contributed by atoms with van der Waals surface area (Å²) in [6.07, 6.45) is 0.271. The van der Waals surface area contributed by atoms with Crippen molar-refractivity contribution in [2.75, 3.05) is 33.3 Å². The van der Waals surface area contributed by atoms with Gasteiger partial charge in [0.2, 0.25) is 5.91 Å². The van der Waals surface area contributed by atoms with Crippen LogP contribution in [0.15, 0.2) is 47.4 Å². The van der Waals surface area contributed by atoms with Crippen molar-refractivity contribution in [2.24, 2.45) is 0 Å². The molecule has 2 aromatic carbocycles. The van der Waals surface area contributed by atoms with Gasteiger partial charge in [0.05, 0.1) is 41.3 Å². The Morgan fingerprint density at radius 2 is 1.79 bits per heavy atom. The lowest BCUT2D eigenvalue weighted by Gasteiger charge is -2.34. The number of methoxy groups -OCH3 is 1. The number of benzene rings is 2. The van der Waals surface area contributed by atoms with Gasteiger partial charge in [-0.15, -0.1) is 0 Å². The molecule has 1 saturated heterocycles. The number of piperazine rings is 1. The highest BCUT2D eigenvalue weighted by Crippen LogP contribution is 2.20. The van der Waals surface area contributed by atoms with Crippen LogP contribution in [0, 0.1) is 0 Å². The van der Waals surface area contributed by atoms with Crippen LogP contribution in [-0.2, 0) is 27.6 Å². The van der Waals surface area contributed by atoms with E-state index in [2.05, 4.69) is 14.9 Å². The van der Waals surface area contributed by atoms with Crippen molar-refractivity contribution >= 4 is 26.8 Å². The Labute approximate surface area is 194 Å². The first-order valence-electron chi connectivity index (χ1n) is 11.1. The lowest BCUT2D eigenvalue weighted by molar-refractivity contribution is -0.132. The summed E-state index contributed by atoms with van der Waals surface area (Å²) in [5.74, 6) is 1.75. The number of carbonyl (C=O) groups excluding carboxylic acids is 1. The second kappa shape index (κ2) is 9.52. The first-order valence-corrected chi connectivity index (χ1v) is 12.7. The van der Waals surface area contributed by atoms with Crippen LogP contribution in [0.5, 0.6) is 5.75 Å². The molecular formula is C24H30N4O4S. The average molecular weight is 471 g/mol. The number of ether oxygens (including phenoxy) is 1. The summed E-state index contributed by atoms with van der Waals surface area (Å²) in [6.45, 7) is 6.90. The Kier molecular flexibility index (Phi) is 6.71. The molecule has 1 N–H and O–H groups in total. The zero-order valence-corrected chi connectivity index (χ0v) is 20.1. The molecule has 8 nitrogen and oxygen atoms in total. The van der Waals surface area contributed by atoms with Gasteiger partial charge in [0.25, 0.3) is 0 Å². The van der Waals surface area contributed by atoms with Crippen LogP contribution in [0.25, 0.3) is 11.0 Å². The van der Waals surface area contributed by atoms with Crippen molar-refractivity contribution < 1.29 is 17.9 Å². The third-order valence-corrected chi connectivity index (χ3v) is 8.23. The van der Waals surface area contributed by atoms with Gasteiger partial charge in [-0.05, 0) is 43.7 Å². The summed E-state index contributed by atoms with van der Waals surface area (Å²) in [6, 6.07) is 12.4. The number of H-pyrrole nitrogens is 1. The molecule has 1 amide bonds. The largest absolute Gasteiger partial charge is 0.497 e. The molecule has 0 spiro atoms. The fraction of sp³-hybridized carbons (Fsp3) is 0.417. The topological polar surface area (TPSA) is 95.6 Å². The molecule has 0 atom stereocenters. The van der Waals surface area contributed by atoms with Crippen LogP contribution >= 0.6 is 0 Å². The predicted molar refractivity (Wildman–Crippen MR) is 127 cm³/mol. The van der Waals surface area contributed by atoms with Crippen LogP contribution in [0.1, 0.15) is 25.2 Å². The Bertz CT molecular complexity index is 1230. The molecule has 0 unspecified atom stereocenters. The molecule has 0 saturated carbocycles. The number of nitrogens with one attached hydrogen (secondary N) is 1. The Morgan fingerprint density at radius 3 is 2.42 bits per heavy atom. The van der Waals surface area contributed by atoms with Gasteiger partial charge in [-0.1, -0.05) is 12.1 Å². The molecule has 9 heteroatoms. The molecule has 2 heterocycles. The van der Waals surface area contributed by atoms with Gasteiger partial charge >= 0.3 is 0 Å². The minimum Gasteiger partial charge on any atom is -0.497 e. The van der Waals surface area contributed by atoms with E-state index in [0.717, 1.165) is 41.3 Å². The number of carbonyl (C=O) groups is 1. The lowest BCUT2D eigenvalue weighted by atomic mass is 10.1. The highest BCUT2D eigenvalue weighted by Gasteiger charge is 2.23. The van der Waals surface area contributed by atoms with E-state index < -0.39 is 15.1 Å². The van der Waals surface area contributed by atoms with E-state index in [9.17, 15) is 13.2 Å². The van der Waals surface area contributed by atoms with E-state index in [1.807, 2.05) is 23.1 Å². The van der Waals surface area contributed by atoms with Crippen LogP contribution in [0.4, 0.5) is 0 Å². The van der Waals surface area contributed by atoms with Crippen molar-refractivity contribution in [3.63, 3.8) is 0 Å². The number of imidazole rings is 1. The number of aromatic nitrogens is 2. The Morgan fingerprint density at radius 1 is 1.09 bits per heavy atom. The summed E-state index contributed by atoms with van der Waals surface area (Å²) >= 11 is 0. The minimum absolute atomic E-state index is 0.0601. The van der Waals surface area contributed by atoms with Gasteiger partial charge in [-0.2, -0.15) is 0 Å². The first-order chi connectivity index (χ1) is 15.8. The van der Waals surface area contributed by atoms with Crippen molar-refractivity contribution in [3.05, 3.63) is 53.9 Å². The molecule has 1 aliphatic rings. The quantitative estimate of drug-likeness (QED) is 0.570. The lowest BCUT2D eigenvalue weighted by Crippen LogP contribution is -2.48. The fourth-order valence-electron chi connectivity index (χ4n) is 3.97. The summed E-state index contributed by atoms with van der Waals surface area (Å²) < 4.78 is 29.8. The molecule has 1 aliphatic heterocycles. The summed E-state index contributed by atoms with van der Waals surface area (Å²) in [5.41, 5.74) is 2.68. The summed E-state index contributed by atoms with van der Waals surface area (Å²) in [7, 11) is -1.66. The maximum Gasteiger partial charge on any atom is 0.227 e. The number of nitrogens with zero attached hydrogens (tertiary/aromatic N) is 3. The molecule has 176 valence electrons. The molecule has 3 aromatic rings. The van der Waals surface area contributed by atoms with Gasteiger partial charge in [-0.3, -0.25) is 9.69 Å². The molecule has 0 aliphatic carbocycles. The average Bonchev–Trinajstić information content (AvgIpc) is 3.21. The zero-order chi connectivity index (χ0) is 23.6. The molecule has 1 fully saturated rings. The maximum absolute atomic E-state index is 12.8. The second-order valence-corrected chi connectivity index (χ2v) is 11.1. The number of hydrogen-bond donors (Lipinski definition) is 1. The third kappa shape index (κ3) is 5.20. The van der Waals surface area contributed by atoms with Gasteiger partial charge in [0, 0.05) is 32.2 Å². The number of amides is 1. The van der Waals surface area contributed by atoms with Gasteiger partial charge < -0.3 is 14.6 Å². The minimum atomic E-state index is -3.30. The van der Waals surface area contributed by atoms with Crippen molar-refractivity contribution in [1.29, 1.82) is 0 Å². The van der Waals surface area contributed by atoms with Crippen molar-refractivity contribution in [3.8, 4) is 5.75 Å². The Balaban J connectivity index is 1.30. The molecule has 1 aromatic heterocycles. The van der Waals surface area contributed by atoms with E-state index in [0.29, 0.717) is 24.5 Å². The number of hydrogen-bond acceptors (Lipinski definition) is 6. The van der Waals surface area contributed by atoms with Gasteiger partial charge in [0.15, 0.2) is 9.84 Å². The summed E-state index contributed by atoms with van der Waals surface area (Å²) in [5, 5.41) is -0.469. The number of fused-ring (bicyclic) bond motifs is 1. The van der Waals surface area contributed by atoms with Gasteiger partial charge in [0.1, 0.15) is 11.6 Å². The van der Waals surface area contributed by atoms with E-state index in [-0.39, 0.29) is 12.3 Å². The Hall–Kier alpha value is -2.91. The van der Waals surface area contributed by atoms with Gasteiger partial charge in [-0.25, -0.2) is 13.4 Å². The number of rotatable bonds is 7. The highest BCUT2D eigenvalue weighted by atomic mass is 32.2. The van der Waals surface area contributed by atoms with E-state index in [1.54, 1.807) is 45.2 Å².